The van der Waals surface area contributed by atoms with Crippen molar-refractivity contribution in [3.05, 3.63) is 39.9 Å². The van der Waals surface area contributed by atoms with E-state index in [1.165, 1.54) is 26.0 Å². The number of hydrogen-bond donors (Lipinski definition) is 1. The van der Waals surface area contributed by atoms with Gasteiger partial charge in [0.05, 0.1) is 20.6 Å². The minimum Gasteiger partial charge on any atom is -0.469 e. The molecule has 0 aliphatic carbocycles. The Morgan fingerprint density at radius 3 is 2.59 bits per heavy atom. The van der Waals surface area contributed by atoms with Gasteiger partial charge in [-0.1, -0.05) is 41.4 Å². The van der Waals surface area contributed by atoms with Crippen LogP contribution in [0.15, 0.2) is 24.3 Å². The Kier molecular flexibility index (Phi) is 10.8. The number of benzene rings is 1. The molecular weight excluding hydrogens is 411 g/mol. The summed E-state index contributed by atoms with van der Waals surface area (Å²) in [5.74, 6) is -0.668. The molecule has 5 nitrogen and oxygen atoms in total. The summed E-state index contributed by atoms with van der Waals surface area (Å²) in [6.07, 6.45) is 6.30. The molecule has 0 saturated carbocycles. The Morgan fingerprint density at radius 1 is 1.22 bits per heavy atom. The van der Waals surface area contributed by atoms with E-state index in [1.807, 2.05) is 18.2 Å². The predicted octanol–water partition coefficient (Wildman–Crippen LogP) is 4.38. The number of allylic oxidation sites excluding steroid dienone is 1. The molecule has 1 unspecified atom stereocenters. The quantitative estimate of drug-likeness (QED) is 0.411. The van der Waals surface area contributed by atoms with Crippen molar-refractivity contribution in [2.24, 2.45) is 0 Å². The molecule has 1 N–H and O–H groups in total. The van der Waals surface area contributed by atoms with Gasteiger partial charge in [-0.2, -0.15) is 11.8 Å². The standard InChI is InChI=1S/C19H24Cl2O5S/c1-25-17(22)12-19(24,18(23)26-2)13-27-10-6-4-3-5-7-14-8-9-15(20)11-16(14)21/h5,7-9,11,24H,3-4,6,10,12-13H2,1-2H3/b7-5+. The molecule has 0 aromatic heterocycles. The first-order valence-electron chi connectivity index (χ1n) is 8.39. The summed E-state index contributed by atoms with van der Waals surface area (Å²) in [6.45, 7) is 0. The third kappa shape index (κ3) is 8.56. The van der Waals surface area contributed by atoms with Crippen LogP contribution in [0.1, 0.15) is 31.2 Å². The molecule has 0 spiro atoms. The molecule has 27 heavy (non-hydrogen) atoms. The number of esters is 2. The third-order valence-electron chi connectivity index (χ3n) is 3.74. The zero-order chi connectivity index (χ0) is 20.3. The maximum atomic E-state index is 11.8. The molecule has 0 amide bonds. The minimum absolute atomic E-state index is 0.0744. The van der Waals surface area contributed by atoms with Gasteiger partial charge in [-0.05, 0) is 42.7 Å². The summed E-state index contributed by atoms with van der Waals surface area (Å²) in [6, 6.07) is 5.36. The van der Waals surface area contributed by atoms with Crippen LogP contribution in [-0.4, -0.2) is 48.4 Å². The molecule has 0 aliphatic rings. The largest absolute Gasteiger partial charge is 0.469 e. The van der Waals surface area contributed by atoms with E-state index in [0.29, 0.717) is 10.0 Å². The van der Waals surface area contributed by atoms with Gasteiger partial charge >= 0.3 is 11.9 Å². The highest BCUT2D eigenvalue weighted by atomic mass is 35.5. The lowest BCUT2D eigenvalue weighted by atomic mass is 10.0. The van der Waals surface area contributed by atoms with Crippen LogP contribution in [0.5, 0.6) is 0 Å². The van der Waals surface area contributed by atoms with E-state index in [-0.39, 0.29) is 5.75 Å². The van der Waals surface area contributed by atoms with Gasteiger partial charge in [-0.15, -0.1) is 0 Å². The molecule has 0 fully saturated rings. The van der Waals surface area contributed by atoms with Gasteiger partial charge in [0, 0.05) is 15.8 Å². The summed E-state index contributed by atoms with van der Waals surface area (Å²) < 4.78 is 9.12. The molecule has 8 heteroatoms. The number of carbonyl (C=O) groups excluding carboxylic acids is 2. The van der Waals surface area contributed by atoms with Crippen LogP contribution in [0.3, 0.4) is 0 Å². The zero-order valence-corrected chi connectivity index (χ0v) is 17.7. The summed E-state index contributed by atoms with van der Waals surface area (Å²) in [7, 11) is 2.38. The number of aliphatic hydroxyl groups is 1. The SMILES string of the molecule is COC(=O)CC(O)(CSCCCC/C=C/c1ccc(Cl)cc1Cl)C(=O)OC. The highest BCUT2D eigenvalue weighted by molar-refractivity contribution is 7.99. The maximum absolute atomic E-state index is 11.8. The molecule has 0 radical (unpaired) electrons. The third-order valence-corrected chi connectivity index (χ3v) is 5.56. The van der Waals surface area contributed by atoms with Crippen LogP contribution in [0.4, 0.5) is 0 Å². The Labute approximate surface area is 174 Å². The number of ether oxygens (including phenoxy) is 2. The average Bonchev–Trinajstić information content (AvgIpc) is 2.64. The summed E-state index contributed by atoms with van der Waals surface area (Å²) >= 11 is 13.4. The predicted molar refractivity (Wildman–Crippen MR) is 110 cm³/mol. The Bertz CT molecular complexity index is 666. The average molecular weight is 435 g/mol. The molecule has 0 saturated heterocycles. The number of halogens is 2. The Balaban J connectivity index is 2.32. The van der Waals surface area contributed by atoms with E-state index in [2.05, 4.69) is 9.47 Å². The second-order valence-electron chi connectivity index (χ2n) is 5.89. The van der Waals surface area contributed by atoms with Gasteiger partial charge in [0.15, 0.2) is 5.60 Å². The monoisotopic (exact) mass is 434 g/mol. The fraction of sp³-hybridized carbons (Fsp3) is 0.474. The van der Waals surface area contributed by atoms with Crippen LogP contribution in [0.25, 0.3) is 6.08 Å². The van der Waals surface area contributed by atoms with Crippen LogP contribution >= 0.6 is 35.0 Å². The second kappa shape index (κ2) is 12.3. The topological polar surface area (TPSA) is 72.8 Å². The molecule has 1 aromatic carbocycles. The fourth-order valence-corrected chi connectivity index (χ4v) is 3.82. The summed E-state index contributed by atoms with van der Waals surface area (Å²) in [4.78, 5) is 23.1. The first-order chi connectivity index (χ1) is 12.8. The highest BCUT2D eigenvalue weighted by Crippen LogP contribution is 2.23. The van der Waals surface area contributed by atoms with Gasteiger partial charge in [0.2, 0.25) is 0 Å². The Hall–Kier alpha value is -1.21. The first-order valence-corrected chi connectivity index (χ1v) is 10.3. The number of thioether (sulfide) groups is 1. The fourth-order valence-electron chi connectivity index (χ4n) is 2.24. The number of unbranched alkanes of at least 4 members (excludes halogenated alkanes) is 2. The van der Waals surface area contributed by atoms with Crippen molar-refractivity contribution in [2.75, 3.05) is 25.7 Å². The van der Waals surface area contributed by atoms with Crippen molar-refractivity contribution in [2.45, 2.75) is 31.3 Å². The van der Waals surface area contributed by atoms with Crippen molar-refractivity contribution >= 4 is 53.0 Å². The molecule has 0 aliphatic heterocycles. The van der Waals surface area contributed by atoms with Gasteiger partial charge in [0.1, 0.15) is 0 Å². The highest BCUT2D eigenvalue weighted by Gasteiger charge is 2.39. The van der Waals surface area contributed by atoms with Crippen molar-refractivity contribution in [1.82, 2.24) is 0 Å². The van der Waals surface area contributed by atoms with Crippen molar-refractivity contribution in [3.8, 4) is 0 Å². The lowest BCUT2D eigenvalue weighted by molar-refractivity contribution is -0.166. The maximum Gasteiger partial charge on any atom is 0.339 e. The van der Waals surface area contributed by atoms with E-state index >= 15 is 0 Å². The van der Waals surface area contributed by atoms with Gasteiger partial charge in [0.25, 0.3) is 0 Å². The Morgan fingerprint density at radius 2 is 1.96 bits per heavy atom. The molecule has 0 heterocycles. The van der Waals surface area contributed by atoms with Crippen LogP contribution in [0, 0.1) is 0 Å². The van der Waals surface area contributed by atoms with E-state index in [0.717, 1.165) is 30.6 Å². The normalized spacial score (nSPS) is 13.4. The number of methoxy groups -OCH3 is 2. The van der Waals surface area contributed by atoms with E-state index in [4.69, 9.17) is 23.2 Å². The van der Waals surface area contributed by atoms with Gasteiger partial charge < -0.3 is 14.6 Å². The van der Waals surface area contributed by atoms with Crippen molar-refractivity contribution < 1.29 is 24.2 Å². The molecule has 1 aromatic rings. The number of hydrogen-bond acceptors (Lipinski definition) is 6. The lowest BCUT2D eigenvalue weighted by Crippen LogP contribution is -2.44. The zero-order valence-electron chi connectivity index (χ0n) is 15.4. The molecular formula is C19H24Cl2O5S. The number of carbonyl (C=O) groups is 2. The van der Waals surface area contributed by atoms with Gasteiger partial charge in [-0.25, -0.2) is 4.79 Å². The lowest BCUT2D eigenvalue weighted by Gasteiger charge is -2.23. The van der Waals surface area contributed by atoms with Crippen molar-refractivity contribution in [3.63, 3.8) is 0 Å². The molecule has 0 bridgehead atoms. The minimum atomic E-state index is -1.86. The summed E-state index contributed by atoms with van der Waals surface area (Å²) in [5, 5.41) is 11.6. The van der Waals surface area contributed by atoms with Crippen LogP contribution in [-0.2, 0) is 19.1 Å². The van der Waals surface area contributed by atoms with E-state index in [9.17, 15) is 14.7 Å². The first kappa shape index (κ1) is 23.8. The summed E-state index contributed by atoms with van der Waals surface area (Å²) in [5.41, 5.74) is -0.945. The van der Waals surface area contributed by atoms with E-state index < -0.39 is 24.0 Å². The van der Waals surface area contributed by atoms with Crippen LogP contribution < -0.4 is 0 Å². The molecule has 1 rings (SSSR count). The van der Waals surface area contributed by atoms with Gasteiger partial charge in [-0.3, -0.25) is 4.79 Å². The molecule has 1 atom stereocenters. The molecule has 150 valence electrons. The van der Waals surface area contributed by atoms with Crippen molar-refractivity contribution in [1.29, 1.82) is 0 Å². The number of rotatable bonds is 11. The van der Waals surface area contributed by atoms with E-state index in [1.54, 1.807) is 12.1 Å². The smallest absolute Gasteiger partial charge is 0.339 e. The second-order valence-corrected chi connectivity index (χ2v) is 7.84. The van der Waals surface area contributed by atoms with Crippen LogP contribution in [0.2, 0.25) is 10.0 Å².